The Kier molecular flexibility index (Phi) is 3.88. The summed E-state index contributed by atoms with van der Waals surface area (Å²) in [7, 11) is 1.79. The van der Waals surface area contributed by atoms with Crippen LogP contribution in [-0.2, 0) is 4.79 Å². The van der Waals surface area contributed by atoms with E-state index in [1.54, 1.807) is 11.9 Å². The standard InChI is InChI=1S/C11H19N3O/c1-3-11(15)14(2)10-6-4-5-9(13)8(10)7-12/h7,10,12H,3-6,13H2,1-2H3. The molecule has 15 heavy (non-hydrogen) atoms. The van der Waals surface area contributed by atoms with E-state index in [1.807, 2.05) is 6.92 Å². The van der Waals surface area contributed by atoms with Crippen LogP contribution in [0.5, 0.6) is 0 Å². The van der Waals surface area contributed by atoms with Gasteiger partial charge in [-0.2, -0.15) is 0 Å². The van der Waals surface area contributed by atoms with Crippen molar-refractivity contribution in [2.24, 2.45) is 5.73 Å². The first-order chi connectivity index (χ1) is 7.11. The molecule has 1 aliphatic carbocycles. The van der Waals surface area contributed by atoms with Crippen molar-refractivity contribution in [3.8, 4) is 0 Å². The van der Waals surface area contributed by atoms with E-state index in [1.165, 1.54) is 6.21 Å². The lowest BCUT2D eigenvalue weighted by Gasteiger charge is -2.32. The number of carbonyl (C=O) groups excluding carboxylic acids is 1. The Labute approximate surface area is 90.6 Å². The van der Waals surface area contributed by atoms with Crippen molar-refractivity contribution in [3.05, 3.63) is 11.3 Å². The van der Waals surface area contributed by atoms with E-state index in [0.29, 0.717) is 6.42 Å². The molecule has 1 rings (SSSR count). The molecule has 4 nitrogen and oxygen atoms in total. The van der Waals surface area contributed by atoms with Crippen molar-refractivity contribution < 1.29 is 4.79 Å². The van der Waals surface area contributed by atoms with Gasteiger partial charge in [0.1, 0.15) is 0 Å². The third kappa shape index (κ3) is 2.37. The van der Waals surface area contributed by atoms with Crippen LogP contribution in [-0.4, -0.2) is 30.1 Å². The van der Waals surface area contributed by atoms with Crippen molar-refractivity contribution in [2.45, 2.75) is 38.6 Å². The van der Waals surface area contributed by atoms with Crippen molar-refractivity contribution in [1.29, 1.82) is 5.41 Å². The summed E-state index contributed by atoms with van der Waals surface area (Å²) in [5.41, 5.74) is 7.42. The van der Waals surface area contributed by atoms with E-state index in [0.717, 1.165) is 30.5 Å². The summed E-state index contributed by atoms with van der Waals surface area (Å²) in [5.74, 6) is 0.106. The molecular formula is C11H19N3O. The Hall–Kier alpha value is -1.32. The first-order valence-electron chi connectivity index (χ1n) is 5.36. The van der Waals surface area contributed by atoms with Crippen molar-refractivity contribution >= 4 is 12.1 Å². The van der Waals surface area contributed by atoms with Gasteiger partial charge < -0.3 is 16.0 Å². The summed E-state index contributed by atoms with van der Waals surface area (Å²) < 4.78 is 0. The fourth-order valence-electron chi connectivity index (χ4n) is 2.01. The molecule has 0 aromatic heterocycles. The van der Waals surface area contributed by atoms with Crippen LogP contribution in [0.1, 0.15) is 32.6 Å². The lowest BCUT2D eigenvalue weighted by Crippen LogP contribution is -2.40. The van der Waals surface area contributed by atoms with E-state index < -0.39 is 0 Å². The summed E-state index contributed by atoms with van der Waals surface area (Å²) in [6.45, 7) is 1.85. The molecule has 0 fully saturated rings. The molecule has 0 saturated carbocycles. The molecule has 84 valence electrons. The van der Waals surface area contributed by atoms with Gasteiger partial charge in [0.15, 0.2) is 0 Å². The zero-order valence-electron chi connectivity index (χ0n) is 9.42. The van der Waals surface area contributed by atoms with Gasteiger partial charge in [-0.25, -0.2) is 0 Å². The predicted octanol–water partition coefficient (Wildman–Crippen LogP) is 1.27. The van der Waals surface area contributed by atoms with Crippen molar-refractivity contribution in [2.75, 3.05) is 7.05 Å². The Bertz CT molecular complexity index is 296. The van der Waals surface area contributed by atoms with E-state index in [9.17, 15) is 4.79 Å². The third-order valence-electron chi connectivity index (χ3n) is 2.97. The molecular weight excluding hydrogens is 190 g/mol. The molecule has 0 bridgehead atoms. The monoisotopic (exact) mass is 209 g/mol. The second-order valence-corrected chi connectivity index (χ2v) is 3.89. The lowest BCUT2D eigenvalue weighted by molar-refractivity contribution is -0.131. The minimum atomic E-state index is 0.00343. The smallest absolute Gasteiger partial charge is 0.222 e. The Morgan fingerprint density at radius 1 is 1.73 bits per heavy atom. The zero-order chi connectivity index (χ0) is 11.4. The summed E-state index contributed by atoms with van der Waals surface area (Å²) in [6, 6.07) is 0.00343. The Morgan fingerprint density at radius 2 is 2.40 bits per heavy atom. The molecule has 1 unspecified atom stereocenters. The highest BCUT2D eigenvalue weighted by Gasteiger charge is 2.26. The molecule has 0 aromatic rings. The number of carbonyl (C=O) groups is 1. The second kappa shape index (κ2) is 4.96. The summed E-state index contributed by atoms with van der Waals surface area (Å²) in [6.07, 6.45) is 4.54. The van der Waals surface area contributed by atoms with Gasteiger partial charge in [0, 0.05) is 31.0 Å². The number of hydrogen-bond donors (Lipinski definition) is 2. The van der Waals surface area contributed by atoms with Crippen molar-refractivity contribution in [1.82, 2.24) is 4.90 Å². The van der Waals surface area contributed by atoms with Gasteiger partial charge in [-0.05, 0) is 19.3 Å². The number of nitrogens with zero attached hydrogens (tertiary/aromatic N) is 1. The molecule has 1 aliphatic rings. The minimum absolute atomic E-state index is 0.00343. The number of hydrogen-bond acceptors (Lipinski definition) is 3. The maximum absolute atomic E-state index is 11.6. The molecule has 0 spiro atoms. The summed E-state index contributed by atoms with van der Waals surface area (Å²) in [5, 5.41) is 7.35. The predicted molar refractivity (Wildman–Crippen MR) is 60.7 cm³/mol. The molecule has 1 atom stereocenters. The van der Waals surface area contributed by atoms with Gasteiger partial charge >= 0.3 is 0 Å². The molecule has 0 aliphatic heterocycles. The average Bonchev–Trinajstić information content (AvgIpc) is 2.26. The fourth-order valence-corrected chi connectivity index (χ4v) is 2.01. The molecule has 1 amide bonds. The maximum Gasteiger partial charge on any atom is 0.222 e. The Morgan fingerprint density at radius 3 is 2.93 bits per heavy atom. The number of nitrogens with one attached hydrogen (secondary N) is 1. The topological polar surface area (TPSA) is 70.2 Å². The van der Waals surface area contributed by atoms with Crippen LogP contribution in [0.15, 0.2) is 11.3 Å². The molecule has 3 N–H and O–H groups in total. The van der Waals surface area contributed by atoms with Gasteiger partial charge in [0.05, 0.1) is 6.04 Å². The van der Waals surface area contributed by atoms with Crippen LogP contribution in [0.25, 0.3) is 0 Å². The van der Waals surface area contributed by atoms with Gasteiger partial charge in [0.2, 0.25) is 5.91 Å². The molecule has 0 heterocycles. The van der Waals surface area contributed by atoms with Crippen LogP contribution < -0.4 is 5.73 Å². The average molecular weight is 209 g/mol. The Balaban J connectivity index is 2.89. The number of likely N-dealkylation sites (N-methyl/N-ethyl adjacent to an activating group) is 1. The SMILES string of the molecule is CCC(=O)N(C)C1CCCC(N)=C1C=N. The highest BCUT2D eigenvalue weighted by atomic mass is 16.2. The van der Waals surface area contributed by atoms with Gasteiger partial charge in [-0.1, -0.05) is 6.92 Å². The molecule has 4 heteroatoms. The zero-order valence-corrected chi connectivity index (χ0v) is 9.42. The summed E-state index contributed by atoms with van der Waals surface area (Å²) >= 11 is 0. The van der Waals surface area contributed by atoms with Gasteiger partial charge in [-0.15, -0.1) is 0 Å². The van der Waals surface area contributed by atoms with E-state index in [-0.39, 0.29) is 11.9 Å². The van der Waals surface area contributed by atoms with Crippen LogP contribution in [0.4, 0.5) is 0 Å². The van der Waals surface area contributed by atoms with E-state index in [4.69, 9.17) is 11.1 Å². The quantitative estimate of drug-likeness (QED) is 0.687. The normalized spacial score (nSPS) is 21.3. The summed E-state index contributed by atoms with van der Waals surface area (Å²) in [4.78, 5) is 13.3. The first kappa shape index (κ1) is 11.8. The minimum Gasteiger partial charge on any atom is -0.402 e. The molecule has 0 aromatic carbocycles. The lowest BCUT2D eigenvalue weighted by atomic mass is 9.91. The largest absolute Gasteiger partial charge is 0.402 e. The van der Waals surface area contributed by atoms with Crippen LogP contribution >= 0.6 is 0 Å². The highest BCUT2D eigenvalue weighted by molar-refractivity contribution is 5.82. The van der Waals surface area contributed by atoms with Crippen molar-refractivity contribution in [3.63, 3.8) is 0 Å². The number of rotatable bonds is 3. The number of allylic oxidation sites excluding steroid dienone is 1. The van der Waals surface area contributed by atoms with Crippen LogP contribution in [0.2, 0.25) is 0 Å². The van der Waals surface area contributed by atoms with Crippen LogP contribution in [0.3, 0.4) is 0 Å². The fraction of sp³-hybridized carbons (Fsp3) is 0.636. The maximum atomic E-state index is 11.6. The number of nitrogens with two attached hydrogens (primary N) is 1. The highest BCUT2D eigenvalue weighted by Crippen LogP contribution is 2.24. The second-order valence-electron chi connectivity index (χ2n) is 3.89. The molecule has 0 saturated heterocycles. The first-order valence-corrected chi connectivity index (χ1v) is 5.36. The van der Waals surface area contributed by atoms with Crippen LogP contribution in [0, 0.1) is 5.41 Å². The third-order valence-corrected chi connectivity index (χ3v) is 2.97. The van der Waals surface area contributed by atoms with Gasteiger partial charge in [-0.3, -0.25) is 4.79 Å². The number of amides is 1. The molecule has 0 radical (unpaired) electrons. The van der Waals surface area contributed by atoms with E-state index in [2.05, 4.69) is 0 Å². The van der Waals surface area contributed by atoms with Gasteiger partial charge in [0.25, 0.3) is 0 Å². The van der Waals surface area contributed by atoms with E-state index >= 15 is 0 Å².